The van der Waals surface area contributed by atoms with E-state index in [9.17, 15) is 0 Å². The molecule has 2 aromatic heterocycles. The first-order valence-electron chi connectivity index (χ1n) is 6.12. The van der Waals surface area contributed by atoms with E-state index < -0.39 is 0 Å². The van der Waals surface area contributed by atoms with Crippen LogP contribution in [0.25, 0.3) is 11.1 Å². The molecule has 0 saturated heterocycles. The Kier molecular flexibility index (Phi) is 2.97. The molecular weight excluding hydrogens is 240 g/mol. The number of benzene rings is 1. The molecule has 1 atom stereocenters. The number of hydrogen-bond donors (Lipinski definition) is 1. The molecule has 0 spiro atoms. The third-order valence-corrected chi connectivity index (χ3v) is 3.11. The van der Waals surface area contributed by atoms with E-state index in [4.69, 9.17) is 10.2 Å². The highest BCUT2D eigenvalue weighted by Crippen LogP contribution is 2.25. The maximum absolute atomic E-state index is 5.87. The molecule has 0 aliphatic carbocycles. The highest BCUT2D eigenvalue weighted by Gasteiger charge is 2.15. The lowest BCUT2D eigenvalue weighted by Crippen LogP contribution is -2.15. The fourth-order valence-corrected chi connectivity index (χ4v) is 2.20. The van der Waals surface area contributed by atoms with Crippen molar-refractivity contribution in [1.29, 1.82) is 0 Å². The Morgan fingerprint density at radius 2 is 2.21 bits per heavy atom. The summed E-state index contributed by atoms with van der Waals surface area (Å²) in [5.41, 5.74) is 9.43. The summed E-state index contributed by atoms with van der Waals surface area (Å²) in [4.78, 5) is 4.29. The predicted molar refractivity (Wildman–Crippen MR) is 71.7 cm³/mol. The summed E-state index contributed by atoms with van der Waals surface area (Å²) in [7, 11) is 0. The molecule has 0 amide bonds. The number of nitrogens with zero attached hydrogens (tertiary/aromatic N) is 3. The van der Waals surface area contributed by atoms with Gasteiger partial charge in [-0.1, -0.05) is 6.07 Å². The van der Waals surface area contributed by atoms with Gasteiger partial charge in [0.05, 0.1) is 5.69 Å². The Hall–Kier alpha value is -2.27. The van der Waals surface area contributed by atoms with Gasteiger partial charge in [0.15, 0.2) is 11.5 Å². The Morgan fingerprint density at radius 3 is 2.95 bits per heavy atom. The number of oxazole rings is 1. The van der Waals surface area contributed by atoms with Crippen LogP contribution >= 0.6 is 0 Å². The van der Waals surface area contributed by atoms with Gasteiger partial charge in [-0.2, -0.15) is 10.2 Å². The molecule has 1 aromatic carbocycles. The molecule has 1 unspecified atom stereocenters. The lowest BCUT2D eigenvalue weighted by atomic mass is 9.95. The summed E-state index contributed by atoms with van der Waals surface area (Å²) >= 11 is 0. The van der Waals surface area contributed by atoms with E-state index in [1.54, 1.807) is 6.20 Å². The topological polar surface area (TPSA) is 77.8 Å². The zero-order valence-corrected chi connectivity index (χ0v) is 10.6. The van der Waals surface area contributed by atoms with E-state index in [0.717, 1.165) is 22.4 Å². The zero-order chi connectivity index (χ0) is 13.2. The number of fused-ring (bicyclic) bond motifs is 1. The standard InChI is InChI=1S/C14H14N4O/c1-9-17-13-5-4-10(7-14(13)19-9)11(8-15)12-3-2-6-16-18-12/h2-7,11H,8,15H2,1H3. The van der Waals surface area contributed by atoms with Crippen molar-refractivity contribution in [2.45, 2.75) is 12.8 Å². The van der Waals surface area contributed by atoms with Crippen molar-refractivity contribution in [1.82, 2.24) is 15.2 Å². The van der Waals surface area contributed by atoms with Crippen molar-refractivity contribution >= 4 is 11.1 Å². The average molecular weight is 254 g/mol. The Bertz CT molecular complexity index is 693. The monoisotopic (exact) mass is 254 g/mol. The maximum Gasteiger partial charge on any atom is 0.192 e. The van der Waals surface area contributed by atoms with E-state index in [-0.39, 0.29) is 5.92 Å². The van der Waals surface area contributed by atoms with Crippen molar-refractivity contribution in [3.63, 3.8) is 0 Å². The average Bonchev–Trinajstić information content (AvgIpc) is 2.80. The zero-order valence-electron chi connectivity index (χ0n) is 10.6. The van der Waals surface area contributed by atoms with E-state index in [0.29, 0.717) is 12.4 Å². The van der Waals surface area contributed by atoms with E-state index in [1.807, 2.05) is 37.3 Å². The van der Waals surface area contributed by atoms with Crippen LogP contribution in [0.2, 0.25) is 0 Å². The van der Waals surface area contributed by atoms with Gasteiger partial charge in [-0.3, -0.25) is 0 Å². The van der Waals surface area contributed by atoms with Crippen LogP contribution in [0, 0.1) is 6.92 Å². The van der Waals surface area contributed by atoms with Gasteiger partial charge in [0, 0.05) is 25.6 Å². The van der Waals surface area contributed by atoms with Gasteiger partial charge in [0.1, 0.15) is 5.52 Å². The van der Waals surface area contributed by atoms with Gasteiger partial charge in [-0.25, -0.2) is 4.98 Å². The molecule has 2 heterocycles. The minimum Gasteiger partial charge on any atom is -0.441 e. The van der Waals surface area contributed by atoms with Crippen molar-refractivity contribution < 1.29 is 4.42 Å². The summed E-state index contributed by atoms with van der Waals surface area (Å²) in [6.45, 7) is 2.31. The Morgan fingerprint density at radius 1 is 1.32 bits per heavy atom. The second-order valence-corrected chi connectivity index (χ2v) is 4.40. The highest BCUT2D eigenvalue weighted by atomic mass is 16.3. The van der Waals surface area contributed by atoms with Gasteiger partial charge in [0.25, 0.3) is 0 Å². The third kappa shape index (κ3) is 2.20. The second-order valence-electron chi connectivity index (χ2n) is 4.40. The van der Waals surface area contributed by atoms with Gasteiger partial charge < -0.3 is 10.2 Å². The SMILES string of the molecule is Cc1nc2ccc(C(CN)c3cccnn3)cc2o1. The lowest BCUT2D eigenvalue weighted by molar-refractivity contribution is 0.560. The van der Waals surface area contributed by atoms with Crippen LogP contribution in [-0.2, 0) is 0 Å². The van der Waals surface area contributed by atoms with Crippen molar-refractivity contribution in [3.05, 3.63) is 53.7 Å². The number of rotatable bonds is 3. The first-order chi connectivity index (χ1) is 9.28. The van der Waals surface area contributed by atoms with Crippen LogP contribution in [-0.4, -0.2) is 21.7 Å². The summed E-state index contributed by atoms with van der Waals surface area (Å²) < 4.78 is 5.55. The molecule has 0 radical (unpaired) electrons. The fourth-order valence-electron chi connectivity index (χ4n) is 2.20. The van der Waals surface area contributed by atoms with Crippen LogP contribution in [0.15, 0.2) is 40.9 Å². The quantitative estimate of drug-likeness (QED) is 0.773. The minimum absolute atomic E-state index is 0.0171. The van der Waals surface area contributed by atoms with Crippen LogP contribution < -0.4 is 5.73 Å². The summed E-state index contributed by atoms with van der Waals surface area (Å²) in [5, 5.41) is 8.04. The molecule has 5 nitrogen and oxygen atoms in total. The predicted octanol–water partition coefficient (Wildman–Crippen LogP) is 2.02. The van der Waals surface area contributed by atoms with E-state index in [2.05, 4.69) is 15.2 Å². The van der Waals surface area contributed by atoms with Crippen LogP contribution in [0.4, 0.5) is 0 Å². The molecule has 0 aliphatic heterocycles. The smallest absolute Gasteiger partial charge is 0.192 e. The van der Waals surface area contributed by atoms with Gasteiger partial charge in [-0.05, 0) is 29.8 Å². The summed E-state index contributed by atoms with van der Waals surface area (Å²) in [6, 6.07) is 9.72. The molecular formula is C14H14N4O. The highest BCUT2D eigenvalue weighted by molar-refractivity contribution is 5.73. The Labute approximate surface area is 110 Å². The molecule has 3 rings (SSSR count). The molecule has 3 aromatic rings. The summed E-state index contributed by atoms with van der Waals surface area (Å²) in [5.74, 6) is 0.680. The number of aromatic nitrogens is 3. The maximum atomic E-state index is 5.87. The number of hydrogen-bond acceptors (Lipinski definition) is 5. The molecule has 0 fully saturated rings. The first kappa shape index (κ1) is 11.8. The Balaban J connectivity index is 2.06. The second kappa shape index (κ2) is 4.78. The van der Waals surface area contributed by atoms with Crippen LogP contribution in [0.1, 0.15) is 23.1 Å². The minimum atomic E-state index is 0.0171. The largest absolute Gasteiger partial charge is 0.441 e. The van der Waals surface area contributed by atoms with Crippen molar-refractivity contribution in [2.75, 3.05) is 6.54 Å². The molecule has 0 bridgehead atoms. The number of aryl methyl sites for hydroxylation is 1. The van der Waals surface area contributed by atoms with Gasteiger partial charge in [-0.15, -0.1) is 0 Å². The molecule has 96 valence electrons. The van der Waals surface area contributed by atoms with Gasteiger partial charge in [0.2, 0.25) is 0 Å². The van der Waals surface area contributed by atoms with Crippen LogP contribution in [0.5, 0.6) is 0 Å². The van der Waals surface area contributed by atoms with Gasteiger partial charge >= 0.3 is 0 Å². The molecule has 19 heavy (non-hydrogen) atoms. The molecule has 0 saturated carbocycles. The lowest BCUT2D eigenvalue weighted by Gasteiger charge is -2.13. The van der Waals surface area contributed by atoms with Crippen LogP contribution in [0.3, 0.4) is 0 Å². The number of nitrogens with two attached hydrogens (primary N) is 1. The molecule has 2 N–H and O–H groups in total. The fraction of sp³-hybridized carbons (Fsp3) is 0.214. The van der Waals surface area contributed by atoms with E-state index >= 15 is 0 Å². The third-order valence-electron chi connectivity index (χ3n) is 3.11. The normalized spacial score (nSPS) is 12.7. The summed E-state index contributed by atoms with van der Waals surface area (Å²) in [6.07, 6.45) is 1.65. The van der Waals surface area contributed by atoms with Crippen molar-refractivity contribution in [3.8, 4) is 0 Å². The van der Waals surface area contributed by atoms with E-state index in [1.165, 1.54) is 0 Å². The molecule has 0 aliphatic rings. The molecule has 5 heteroatoms. The van der Waals surface area contributed by atoms with Crippen molar-refractivity contribution in [2.24, 2.45) is 5.73 Å². The first-order valence-corrected chi connectivity index (χ1v) is 6.12.